The average molecular weight is 329 g/mol. The van der Waals surface area contributed by atoms with Gasteiger partial charge in [-0.1, -0.05) is 47.5 Å². The number of benzene rings is 2. The maximum Gasteiger partial charge on any atom is 0.254 e. The van der Waals surface area contributed by atoms with Crippen LogP contribution in [0.3, 0.4) is 0 Å². The van der Waals surface area contributed by atoms with E-state index < -0.39 is 6.04 Å². The van der Waals surface area contributed by atoms with Crippen molar-refractivity contribution in [2.75, 3.05) is 4.90 Å². The van der Waals surface area contributed by atoms with Gasteiger partial charge in [-0.3, -0.25) is 9.59 Å². The smallest absolute Gasteiger partial charge is 0.254 e. The number of anilines is 1. The van der Waals surface area contributed by atoms with Gasteiger partial charge in [-0.25, -0.2) is 0 Å². The summed E-state index contributed by atoms with van der Waals surface area (Å²) in [5.41, 5.74) is 3.57. The van der Waals surface area contributed by atoms with Gasteiger partial charge in [0.05, 0.1) is 6.54 Å². The first-order valence-corrected chi connectivity index (χ1v) is 7.77. The van der Waals surface area contributed by atoms with E-state index in [0.29, 0.717) is 11.6 Å². The maximum atomic E-state index is 12.8. The molecule has 118 valence electrons. The van der Waals surface area contributed by atoms with Crippen molar-refractivity contribution in [1.82, 2.24) is 5.32 Å². The molecule has 0 radical (unpaired) electrons. The molecule has 0 fully saturated rings. The lowest BCUT2D eigenvalue weighted by Crippen LogP contribution is -2.36. The fraction of sp³-hybridized carbons (Fsp3) is 0.222. The van der Waals surface area contributed by atoms with Gasteiger partial charge < -0.3 is 10.2 Å². The molecule has 0 saturated heterocycles. The summed E-state index contributed by atoms with van der Waals surface area (Å²) in [6, 6.07) is 12.6. The molecule has 0 spiro atoms. The molecule has 5 heteroatoms. The summed E-state index contributed by atoms with van der Waals surface area (Å²) in [4.78, 5) is 25.9. The van der Waals surface area contributed by atoms with Crippen LogP contribution in [0.4, 0.5) is 5.69 Å². The number of hydrogen-bond acceptors (Lipinski definition) is 2. The summed E-state index contributed by atoms with van der Waals surface area (Å²) in [6.07, 6.45) is 0. The summed E-state index contributed by atoms with van der Waals surface area (Å²) in [6.45, 7) is 3.76. The molecule has 4 nitrogen and oxygen atoms in total. The Kier molecular flexibility index (Phi) is 4.09. The van der Waals surface area contributed by atoms with Crippen molar-refractivity contribution in [3.63, 3.8) is 0 Å². The van der Waals surface area contributed by atoms with E-state index in [4.69, 9.17) is 11.6 Å². The summed E-state index contributed by atoms with van der Waals surface area (Å²) in [5, 5.41) is 3.36. The quantitative estimate of drug-likeness (QED) is 0.939. The number of carbonyl (C=O) groups is 2. The number of hydrogen-bond donors (Lipinski definition) is 1. The highest BCUT2D eigenvalue weighted by Gasteiger charge is 2.37. The molecule has 1 aliphatic rings. The lowest BCUT2D eigenvalue weighted by Gasteiger charge is -2.19. The zero-order valence-corrected chi connectivity index (χ0v) is 13.7. The van der Waals surface area contributed by atoms with E-state index in [0.717, 1.165) is 22.4 Å². The molecule has 1 unspecified atom stereocenters. The van der Waals surface area contributed by atoms with Crippen LogP contribution in [0.1, 0.15) is 29.7 Å². The topological polar surface area (TPSA) is 49.4 Å². The molecular weight excluding hydrogens is 312 g/mol. The van der Waals surface area contributed by atoms with Gasteiger partial charge >= 0.3 is 0 Å². The van der Waals surface area contributed by atoms with E-state index in [2.05, 4.69) is 5.32 Å². The minimum Gasteiger partial charge on any atom is -0.341 e. The molecule has 2 aromatic rings. The molecule has 0 aliphatic carbocycles. The summed E-state index contributed by atoms with van der Waals surface area (Å²) < 4.78 is 0. The van der Waals surface area contributed by atoms with Crippen LogP contribution in [0.25, 0.3) is 0 Å². The van der Waals surface area contributed by atoms with Crippen molar-refractivity contribution >= 4 is 29.1 Å². The first-order chi connectivity index (χ1) is 11.0. The van der Waals surface area contributed by atoms with Crippen molar-refractivity contribution < 1.29 is 9.59 Å². The van der Waals surface area contributed by atoms with Gasteiger partial charge in [0.1, 0.15) is 6.04 Å². The predicted octanol–water partition coefficient (Wildman–Crippen LogP) is 3.37. The van der Waals surface area contributed by atoms with Crippen LogP contribution in [0.5, 0.6) is 0 Å². The molecule has 1 atom stereocenters. The first-order valence-electron chi connectivity index (χ1n) is 7.40. The van der Waals surface area contributed by atoms with Gasteiger partial charge in [0, 0.05) is 23.2 Å². The molecule has 2 amide bonds. The van der Waals surface area contributed by atoms with Gasteiger partial charge in [-0.15, -0.1) is 0 Å². The van der Waals surface area contributed by atoms with Crippen LogP contribution in [0.2, 0.25) is 5.02 Å². The van der Waals surface area contributed by atoms with Crippen LogP contribution in [0, 0.1) is 6.92 Å². The number of nitrogens with one attached hydrogen (secondary N) is 1. The van der Waals surface area contributed by atoms with E-state index in [1.165, 1.54) is 6.92 Å². The second kappa shape index (κ2) is 6.05. The monoisotopic (exact) mass is 328 g/mol. The molecule has 23 heavy (non-hydrogen) atoms. The summed E-state index contributed by atoms with van der Waals surface area (Å²) in [7, 11) is 0. The number of amides is 2. The van der Waals surface area contributed by atoms with Crippen molar-refractivity contribution in [3.8, 4) is 0 Å². The molecule has 3 rings (SSSR count). The van der Waals surface area contributed by atoms with E-state index in [1.807, 2.05) is 43.3 Å². The van der Waals surface area contributed by atoms with Gasteiger partial charge in [0.25, 0.3) is 5.91 Å². The van der Waals surface area contributed by atoms with Gasteiger partial charge in [-0.2, -0.15) is 0 Å². The largest absolute Gasteiger partial charge is 0.341 e. The molecule has 1 N–H and O–H groups in total. The molecule has 2 aromatic carbocycles. The Bertz CT molecular complexity index is 788. The molecule has 1 heterocycles. The predicted molar refractivity (Wildman–Crippen MR) is 90.4 cm³/mol. The van der Waals surface area contributed by atoms with Crippen LogP contribution in [0.15, 0.2) is 42.5 Å². The minimum atomic E-state index is -0.634. The van der Waals surface area contributed by atoms with Crippen molar-refractivity contribution in [2.24, 2.45) is 0 Å². The van der Waals surface area contributed by atoms with Crippen LogP contribution in [-0.4, -0.2) is 11.8 Å². The number of aryl methyl sites for hydroxylation is 1. The summed E-state index contributed by atoms with van der Waals surface area (Å²) >= 11 is 6.22. The van der Waals surface area contributed by atoms with Crippen molar-refractivity contribution in [3.05, 3.63) is 64.2 Å². The number of fused-ring (bicyclic) bond motifs is 1. The molecule has 0 saturated carbocycles. The van der Waals surface area contributed by atoms with Crippen LogP contribution >= 0.6 is 11.6 Å². The Morgan fingerprint density at radius 3 is 2.70 bits per heavy atom. The minimum absolute atomic E-state index is 0.138. The van der Waals surface area contributed by atoms with Crippen LogP contribution in [-0.2, 0) is 16.1 Å². The van der Waals surface area contributed by atoms with E-state index in [9.17, 15) is 9.59 Å². The fourth-order valence-corrected chi connectivity index (χ4v) is 3.06. The van der Waals surface area contributed by atoms with E-state index >= 15 is 0 Å². The number of nitrogens with zero attached hydrogens (tertiary/aromatic N) is 1. The van der Waals surface area contributed by atoms with Gasteiger partial charge in [0.15, 0.2) is 0 Å². The average Bonchev–Trinajstić information content (AvgIpc) is 2.74. The van der Waals surface area contributed by atoms with Gasteiger partial charge in [-0.05, 0) is 24.6 Å². The lowest BCUT2D eigenvalue weighted by atomic mass is 10.1. The first kappa shape index (κ1) is 15.6. The van der Waals surface area contributed by atoms with Gasteiger partial charge in [0.2, 0.25) is 5.91 Å². The standard InChI is InChI=1S/C18H17ClN2O2/c1-11-7-8-16-14(9-11)17(20-12(2)22)18(23)21(16)10-13-5-3-4-6-15(13)19/h3-9,17H,10H2,1-2H3,(H,20,22). The fourth-order valence-electron chi connectivity index (χ4n) is 2.86. The highest BCUT2D eigenvalue weighted by atomic mass is 35.5. The number of halogens is 1. The number of carbonyl (C=O) groups excluding carboxylic acids is 2. The Morgan fingerprint density at radius 2 is 2.00 bits per heavy atom. The Labute approximate surface area is 140 Å². The van der Waals surface area contributed by atoms with E-state index in [-0.39, 0.29) is 11.8 Å². The molecular formula is C18H17ClN2O2. The molecule has 0 aromatic heterocycles. The highest BCUT2D eigenvalue weighted by Crippen LogP contribution is 2.38. The lowest BCUT2D eigenvalue weighted by molar-refractivity contribution is -0.126. The second-order valence-electron chi connectivity index (χ2n) is 5.71. The maximum absolute atomic E-state index is 12.8. The zero-order valence-electron chi connectivity index (χ0n) is 13.0. The number of rotatable bonds is 3. The Hall–Kier alpha value is -2.33. The third-order valence-electron chi connectivity index (χ3n) is 3.93. The third kappa shape index (κ3) is 2.94. The normalized spacial score (nSPS) is 16.4. The van der Waals surface area contributed by atoms with E-state index in [1.54, 1.807) is 11.0 Å². The molecule has 0 bridgehead atoms. The SMILES string of the molecule is CC(=O)NC1C(=O)N(Cc2ccccc2Cl)c2ccc(C)cc21. The Balaban J connectivity index is 2.00. The summed E-state index contributed by atoms with van der Waals surface area (Å²) in [5.74, 6) is -0.365. The van der Waals surface area contributed by atoms with Crippen molar-refractivity contribution in [2.45, 2.75) is 26.4 Å². The Morgan fingerprint density at radius 1 is 1.26 bits per heavy atom. The molecule has 1 aliphatic heterocycles. The zero-order chi connectivity index (χ0) is 16.6. The van der Waals surface area contributed by atoms with Crippen molar-refractivity contribution in [1.29, 1.82) is 0 Å². The highest BCUT2D eigenvalue weighted by molar-refractivity contribution is 6.31. The second-order valence-corrected chi connectivity index (χ2v) is 6.12. The van der Waals surface area contributed by atoms with Crippen LogP contribution < -0.4 is 10.2 Å². The third-order valence-corrected chi connectivity index (χ3v) is 4.30.